The van der Waals surface area contributed by atoms with Crippen molar-refractivity contribution in [1.29, 1.82) is 0 Å². The van der Waals surface area contributed by atoms with Crippen molar-refractivity contribution in [3.8, 4) is 0 Å². The van der Waals surface area contributed by atoms with Crippen molar-refractivity contribution < 1.29 is 4.92 Å². The van der Waals surface area contributed by atoms with Crippen molar-refractivity contribution in [3.63, 3.8) is 0 Å². The van der Waals surface area contributed by atoms with Gasteiger partial charge in [0.05, 0.1) is 11.5 Å². The van der Waals surface area contributed by atoms with Crippen LogP contribution < -0.4 is 10.6 Å². The molecule has 1 aromatic rings. The number of rotatable bonds is 7. The number of nitrogens with zero attached hydrogens (tertiary/aromatic N) is 2. The van der Waals surface area contributed by atoms with Crippen LogP contribution in [0.15, 0.2) is 29.3 Å². The minimum atomic E-state index is -0.397. The first kappa shape index (κ1) is 16.9. The molecule has 1 aromatic carbocycles. The fourth-order valence-electron chi connectivity index (χ4n) is 1.61. The number of nitro groups is 1. The van der Waals surface area contributed by atoms with E-state index < -0.39 is 4.92 Å². The molecule has 0 heterocycles. The first-order chi connectivity index (χ1) is 10.0. The van der Waals surface area contributed by atoms with Gasteiger partial charge in [0.25, 0.3) is 5.69 Å². The molecule has 0 atom stereocenters. The Morgan fingerprint density at radius 2 is 1.95 bits per heavy atom. The van der Waals surface area contributed by atoms with Gasteiger partial charge in [-0.2, -0.15) is 0 Å². The Morgan fingerprint density at radius 3 is 2.48 bits per heavy atom. The molecule has 0 aliphatic carbocycles. The predicted octanol–water partition coefficient (Wildman–Crippen LogP) is 2.70. The summed E-state index contributed by atoms with van der Waals surface area (Å²) >= 11 is 0. The summed E-state index contributed by atoms with van der Waals surface area (Å²) < 4.78 is 0. The second kappa shape index (κ2) is 8.94. The van der Waals surface area contributed by atoms with E-state index >= 15 is 0 Å². The van der Waals surface area contributed by atoms with Crippen LogP contribution in [0.3, 0.4) is 0 Å². The summed E-state index contributed by atoms with van der Waals surface area (Å²) in [4.78, 5) is 14.7. The highest BCUT2D eigenvalue weighted by Gasteiger charge is 2.04. The van der Waals surface area contributed by atoms with E-state index in [-0.39, 0.29) is 5.69 Å². The van der Waals surface area contributed by atoms with Gasteiger partial charge in [0.2, 0.25) is 0 Å². The molecule has 0 unspecified atom stereocenters. The first-order valence-corrected chi connectivity index (χ1v) is 7.28. The molecule has 6 nitrogen and oxygen atoms in total. The highest BCUT2D eigenvalue weighted by atomic mass is 16.6. The molecule has 0 saturated carbocycles. The van der Waals surface area contributed by atoms with Crippen LogP contribution in [0.5, 0.6) is 0 Å². The summed E-state index contributed by atoms with van der Waals surface area (Å²) in [6, 6.07) is 6.49. The molecule has 2 N–H and O–H groups in total. The Labute approximate surface area is 125 Å². The van der Waals surface area contributed by atoms with E-state index in [1.54, 1.807) is 12.1 Å². The van der Waals surface area contributed by atoms with Crippen LogP contribution in [0, 0.1) is 16.0 Å². The van der Waals surface area contributed by atoms with Crippen molar-refractivity contribution in [2.75, 3.05) is 13.1 Å². The van der Waals surface area contributed by atoms with Crippen LogP contribution in [0.1, 0.15) is 32.8 Å². The summed E-state index contributed by atoms with van der Waals surface area (Å²) in [5.41, 5.74) is 1.05. The number of benzene rings is 1. The zero-order valence-corrected chi connectivity index (χ0v) is 12.9. The van der Waals surface area contributed by atoms with Crippen molar-refractivity contribution in [2.45, 2.75) is 33.7 Å². The normalized spacial score (nSPS) is 11.5. The third kappa shape index (κ3) is 6.74. The molecule has 116 valence electrons. The number of nitrogens with one attached hydrogen (secondary N) is 2. The number of hydrogen-bond donors (Lipinski definition) is 2. The average molecular weight is 292 g/mol. The molecule has 0 aliphatic rings. The quantitative estimate of drug-likeness (QED) is 0.350. The van der Waals surface area contributed by atoms with Gasteiger partial charge >= 0.3 is 0 Å². The Hall–Kier alpha value is -2.11. The van der Waals surface area contributed by atoms with Crippen LogP contribution in [0.25, 0.3) is 0 Å². The van der Waals surface area contributed by atoms with Gasteiger partial charge in [-0.1, -0.05) is 32.9 Å². The highest BCUT2D eigenvalue weighted by Crippen LogP contribution is 2.12. The Morgan fingerprint density at radius 1 is 1.29 bits per heavy atom. The third-order valence-corrected chi connectivity index (χ3v) is 2.79. The maximum atomic E-state index is 10.6. The van der Waals surface area contributed by atoms with Crippen LogP contribution in [-0.2, 0) is 6.54 Å². The fraction of sp³-hybridized carbons (Fsp3) is 0.533. The van der Waals surface area contributed by atoms with Gasteiger partial charge in [-0.05, 0) is 17.9 Å². The molecule has 0 spiro atoms. The SMILES string of the molecule is CCCNC(=NCc1ccc([N+](=O)[O-])cc1)NCC(C)C. The lowest BCUT2D eigenvalue weighted by molar-refractivity contribution is -0.384. The summed E-state index contributed by atoms with van der Waals surface area (Å²) in [5.74, 6) is 1.32. The van der Waals surface area contributed by atoms with Crippen molar-refractivity contribution in [2.24, 2.45) is 10.9 Å². The molecular formula is C15H24N4O2. The van der Waals surface area contributed by atoms with E-state index in [0.717, 1.165) is 31.0 Å². The molecule has 6 heteroatoms. The Bertz CT molecular complexity index is 469. The maximum absolute atomic E-state index is 10.6. The van der Waals surface area contributed by atoms with Crippen LogP contribution in [0.2, 0.25) is 0 Å². The standard InChI is InChI=1S/C15H24N4O2/c1-4-9-16-15(17-10-12(2)3)18-11-13-5-7-14(8-6-13)19(20)21/h5-8,12H,4,9-11H2,1-3H3,(H2,16,17,18). The van der Waals surface area contributed by atoms with Gasteiger partial charge in [-0.15, -0.1) is 0 Å². The number of nitro benzene ring substituents is 1. The molecular weight excluding hydrogens is 268 g/mol. The lowest BCUT2D eigenvalue weighted by atomic mass is 10.2. The fourth-order valence-corrected chi connectivity index (χ4v) is 1.61. The molecule has 0 aliphatic heterocycles. The lowest BCUT2D eigenvalue weighted by Gasteiger charge is -2.13. The molecule has 1 rings (SSSR count). The topological polar surface area (TPSA) is 79.6 Å². The van der Waals surface area contributed by atoms with Crippen molar-refractivity contribution >= 4 is 11.6 Å². The summed E-state index contributed by atoms with van der Waals surface area (Å²) in [7, 11) is 0. The number of aliphatic imine (C=N–C) groups is 1. The summed E-state index contributed by atoms with van der Waals surface area (Å²) in [5, 5.41) is 17.1. The molecule has 0 bridgehead atoms. The van der Waals surface area contributed by atoms with Crippen molar-refractivity contribution in [1.82, 2.24) is 10.6 Å². The second-order valence-corrected chi connectivity index (χ2v) is 5.29. The zero-order chi connectivity index (χ0) is 15.7. The minimum Gasteiger partial charge on any atom is -0.356 e. The number of hydrogen-bond acceptors (Lipinski definition) is 3. The molecule has 0 amide bonds. The van der Waals surface area contributed by atoms with Crippen LogP contribution >= 0.6 is 0 Å². The highest BCUT2D eigenvalue weighted by molar-refractivity contribution is 5.79. The van der Waals surface area contributed by atoms with Gasteiger partial charge in [-0.25, -0.2) is 4.99 Å². The Kier molecular flexibility index (Phi) is 7.21. The van der Waals surface area contributed by atoms with Gasteiger partial charge in [0.15, 0.2) is 5.96 Å². The van der Waals surface area contributed by atoms with E-state index in [1.165, 1.54) is 12.1 Å². The smallest absolute Gasteiger partial charge is 0.269 e. The second-order valence-electron chi connectivity index (χ2n) is 5.29. The van der Waals surface area contributed by atoms with Gasteiger partial charge in [-0.3, -0.25) is 10.1 Å². The van der Waals surface area contributed by atoms with Crippen molar-refractivity contribution in [3.05, 3.63) is 39.9 Å². The third-order valence-electron chi connectivity index (χ3n) is 2.79. The summed E-state index contributed by atoms with van der Waals surface area (Å²) in [6.07, 6.45) is 1.03. The largest absolute Gasteiger partial charge is 0.356 e. The predicted molar refractivity (Wildman–Crippen MR) is 85.4 cm³/mol. The molecule has 0 radical (unpaired) electrons. The Balaban J connectivity index is 2.64. The van der Waals surface area contributed by atoms with E-state index in [1.807, 2.05) is 0 Å². The maximum Gasteiger partial charge on any atom is 0.269 e. The first-order valence-electron chi connectivity index (χ1n) is 7.28. The van der Waals surface area contributed by atoms with Gasteiger partial charge in [0.1, 0.15) is 0 Å². The molecule has 0 saturated heterocycles. The average Bonchev–Trinajstić information content (AvgIpc) is 2.46. The molecule has 21 heavy (non-hydrogen) atoms. The lowest BCUT2D eigenvalue weighted by Crippen LogP contribution is -2.39. The van der Waals surface area contributed by atoms with Gasteiger partial charge in [0, 0.05) is 25.2 Å². The molecule has 0 aromatic heterocycles. The number of guanidine groups is 1. The zero-order valence-electron chi connectivity index (χ0n) is 12.9. The van der Waals surface area contributed by atoms with E-state index in [2.05, 4.69) is 36.4 Å². The van der Waals surface area contributed by atoms with Gasteiger partial charge < -0.3 is 10.6 Å². The van der Waals surface area contributed by atoms with Crippen LogP contribution in [-0.4, -0.2) is 24.0 Å². The minimum absolute atomic E-state index is 0.102. The molecule has 0 fully saturated rings. The van der Waals surface area contributed by atoms with E-state index in [9.17, 15) is 10.1 Å². The monoisotopic (exact) mass is 292 g/mol. The van der Waals surface area contributed by atoms with Crippen LogP contribution in [0.4, 0.5) is 5.69 Å². The van der Waals surface area contributed by atoms with E-state index in [4.69, 9.17) is 0 Å². The van der Waals surface area contributed by atoms with E-state index in [0.29, 0.717) is 12.5 Å². The number of non-ortho nitro benzene ring substituents is 1. The summed E-state index contributed by atoms with van der Waals surface area (Å²) in [6.45, 7) is 8.60.